The maximum absolute atomic E-state index is 9.74. The van der Waals surface area contributed by atoms with E-state index in [1.807, 2.05) is 12.1 Å². The third-order valence-corrected chi connectivity index (χ3v) is 2.75. The third kappa shape index (κ3) is 2.07. The molecule has 0 aliphatic heterocycles. The van der Waals surface area contributed by atoms with E-state index >= 15 is 0 Å². The molecule has 80 valence electrons. The van der Waals surface area contributed by atoms with Gasteiger partial charge in [-0.1, -0.05) is 6.07 Å². The van der Waals surface area contributed by atoms with Gasteiger partial charge in [0.05, 0.1) is 9.99 Å². The van der Waals surface area contributed by atoms with Crippen LogP contribution in [0.2, 0.25) is 0 Å². The number of phenols is 1. The molecule has 1 heterocycles. The highest BCUT2D eigenvalue weighted by Crippen LogP contribution is 2.33. The molecule has 3 N–H and O–H groups in total. The number of pyridine rings is 1. The van der Waals surface area contributed by atoms with Crippen molar-refractivity contribution in [1.29, 1.82) is 0 Å². The number of phenolic OH excluding ortho intramolecular Hbond substituents is 1. The van der Waals surface area contributed by atoms with Gasteiger partial charge >= 0.3 is 0 Å². The van der Waals surface area contributed by atoms with Crippen LogP contribution in [0.4, 0.5) is 0 Å². The number of aromatic nitrogens is 1. The van der Waals surface area contributed by atoms with Gasteiger partial charge < -0.3 is 10.8 Å². The summed E-state index contributed by atoms with van der Waals surface area (Å²) in [6.45, 7) is 0.299. The minimum absolute atomic E-state index is 0. The molecule has 2 aromatic rings. The van der Waals surface area contributed by atoms with Gasteiger partial charge in [-0.15, -0.1) is 12.4 Å². The molecule has 3 nitrogen and oxygen atoms in total. The highest BCUT2D eigenvalue weighted by molar-refractivity contribution is 9.10. The molecule has 0 aliphatic carbocycles. The Morgan fingerprint density at radius 3 is 2.87 bits per heavy atom. The lowest BCUT2D eigenvalue weighted by atomic mass is 10.1. The third-order valence-electron chi connectivity index (χ3n) is 2.14. The van der Waals surface area contributed by atoms with Crippen LogP contribution in [0.15, 0.2) is 28.9 Å². The molecule has 0 unspecified atom stereocenters. The molecule has 0 saturated carbocycles. The highest BCUT2D eigenvalue weighted by atomic mass is 79.9. The van der Waals surface area contributed by atoms with E-state index in [-0.39, 0.29) is 18.2 Å². The van der Waals surface area contributed by atoms with E-state index in [9.17, 15) is 5.11 Å². The van der Waals surface area contributed by atoms with E-state index < -0.39 is 0 Å². The molecule has 2 rings (SSSR count). The number of benzene rings is 1. The zero-order valence-electron chi connectivity index (χ0n) is 7.77. The SMILES string of the molecule is Cl.NCc1c(O)c(Br)cc2ncccc12. The topological polar surface area (TPSA) is 59.1 Å². The Morgan fingerprint density at radius 2 is 2.20 bits per heavy atom. The summed E-state index contributed by atoms with van der Waals surface area (Å²) in [6.07, 6.45) is 1.71. The van der Waals surface area contributed by atoms with Crippen molar-refractivity contribution in [3.8, 4) is 5.75 Å². The van der Waals surface area contributed by atoms with E-state index in [4.69, 9.17) is 5.73 Å². The number of hydrogen-bond donors (Lipinski definition) is 2. The number of fused-ring (bicyclic) bond motifs is 1. The minimum atomic E-state index is 0. The number of hydrogen-bond acceptors (Lipinski definition) is 3. The Labute approximate surface area is 102 Å². The molecular weight excluding hydrogens is 279 g/mol. The van der Waals surface area contributed by atoms with E-state index in [0.29, 0.717) is 11.0 Å². The quantitative estimate of drug-likeness (QED) is 0.848. The van der Waals surface area contributed by atoms with Crippen LogP contribution in [-0.4, -0.2) is 10.1 Å². The van der Waals surface area contributed by atoms with Crippen LogP contribution in [-0.2, 0) is 6.54 Å². The van der Waals surface area contributed by atoms with Gasteiger partial charge in [0.25, 0.3) is 0 Å². The summed E-state index contributed by atoms with van der Waals surface area (Å²) in [7, 11) is 0. The number of aromatic hydroxyl groups is 1. The fourth-order valence-corrected chi connectivity index (χ4v) is 1.91. The Hall–Kier alpha value is -0.840. The molecule has 0 radical (unpaired) electrons. The van der Waals surface area contributed by atoms with Crippen molar-refractivity contribution < 1.29 is 5.11 Å². The first-order valence-corrected chi connectivity index (χ1v) is 4.98. The molecule has 0 saturated heterocycles. The van der Waals surface area contributed by atoms with Crippen LogP contribution in [0.25, 0.3) is 10.9 Å². The zero-order valence-corrected chi connectivity index (χ0v) is 10.2. The van der Waals surface area contributed by atoms with Gasteiger partial charge in [-0.05, 0) is 28.1 Å². The predicted octanol–water partition coefficient (Wildman–Crippen LogP) is 2.58. The van der Waals surface area contributed by atoms with Crippen molar-refractivity contribution in [3.63, 3.8) is 0 Å². The van der Waals surface area contributed by atoms with E-state index in [2.05, 4.69) is 20.9 Å². The summed E-state index contributed by atoms with van der Waals surface area (Å²) in [5.41, 5.74) is 7.13. The van der Waals surface area contributed by atoms with Crippen molar-refractivity contribution >= 4 is 39.2 Å². The van der Waals surface area contributed by atoms with Crippen molar-refractivity contribution in [2.24, 2.45) is 5.73 Å². The Kier molecular flexibility index (Phi) is 3.90. The summed E-state index contributed by atoms with van der Waals surface area (Å²) < 4.78 is 0.629. The fraction of sp³-hybridized carbons (Fsp3) is 0.100. The largest absolute Gasteiger partial charge is 0.506 e. The molecule has 5 heteroatoms. The van der Waals surface area contributed by atoms with Crippen molar-refractivity contribution in [3.05, 3.63) is 34.4 Å². The van der Waals surface area contributed by atoms with E-state index in [0.717, 1.165) is 16.5 Å². The predicted molar refractivity (Wildman–Crippen MR) is 66.2 cm³/mol. The molecule has 0 bridgehead atoms. The molecule has 0 atom stereocenters. The van der Waals surface area contributed by atoms with Crippen LogP contribution in [0, 0.1) is 0 Å². The van der Waals surface area contributed by atoms with Crippen LogP contribution in [0.1, 0.15) is 5.56 Å². The van der Waals surface area contributed by atoms with Crippen LogP contribution in [0.5, 0.6) is 5.75 Å². The van der Waals surface area contributed by atoms with Gasteiger partial charge in [-0.3, -0.25) is 4.98 Å². The summed E-state index contributed by atoms with van der Waals surface area (Å²) >= 11 is 3.26. The summed E-state index contributed by atoms with van der Waals surface area (Å²) in [6, 6.07) is 5.51. The monoisotopic (exact) mass is 288 g/mol. The van der Waals surface area contributed by atoms with Gasteiger partial charge in [0.15, 0.2) is 0 Å². The van der Waals surface area contributed by atoms with Crippen LogP contribution < -0.4 is 5.73 Å². The molecule has 1 aromatic carbocycles. The number of nitrogens with zero attached hydrogens (tertiary/aromatic N) is 1. The second kappa shape index (κ2) is 4.79. The summed E-state index contributed by atoms with van der Waals surface area (Å²) in [5, 5.41) is 10.6. The molecular formula is C10H10BrClN2O. The van der Waals surface area contributed by atoms with E-state index in [1.165, 1.54) is 0 Å². The number of halogens is 2. The second-order valence-electron chi connectivity index (χ2n) is 2.96. The summed E-state index contributed by atoms with van der Waals surface area (Å²) in [4.78, 5) is 4.20. The Balaban J connectivity index is 0.00000112. The molecule has 15 heavy (non-hydrogen) atoms. The Bertz CT molecular complexity index is 490. The first kappa shape index (κ1) is 12.2. The average molecular weight is 290 g/mol. The van der Waals surface area contributed by atoms with Gasteiger partial charge in [0, 0.05) is 23.7 Å². The maximum atomic E-state index is 9.74. The molecule has 0 aliphatic rings. The average Bonchev–Trinajstić information content (AvgIpc) is 2.20. The van der Waals surface area contributed by atoms with Gasteiger partial charge in [-0.25, -0.2) is 0 Å². The lowest BCUT2D eigenvalue weighted by molar-refractivity contribution is 0.466. The first-order valence-electron chi connectivity index (χ1n) is 4.19. The Morgan fingerprint density at radius 1 is 1.47 bits per heavy atom. The van der Waals surface area contributed by atoms with Crippen LogP contribution in [0.3, 0.4) is 0 Å². The lowest BCUT2D eigenvalue weighted by Crippen LogP contribution is -1.98. The highest BCUT2D eigenvalue weighted by Gasteiger charge is 2.09. The summed E-state index contributed by atoms with van der Waals surface area (Å²) in [5.74, 6) is 0.202. The maximum Gasteiger partial charge on any atom is 0.134 e. The fourth-order valence-electron chi connectivity index (χ4n) is 1.45. The van der Waals surface area contributed by atoms with Gasteiger partial charge in [-0.2, -0.15) is 0 Å². The molecule has 0 spiro atoms. The normalized spacial score (nSPS) is 10.0. The second-order valence-corrected chi connectivity index (χ2v) is 3.81. The number of nitrogens with two attached hydrogens (primary N) is 1. The van der Waals surface area contributed by atoms with Gasteiger partial charge in [0.1, 0.15) is 5.75 Å². The number of rotatable bonds is 1. The smallest absolute Gasteiger partial charge is 0.134 e. The van der Waals surface area contributed by atoms with E-state index in [1.54, 1.807) is 12.3 Å². The van der Waals surface area contributed by atoms with Crippen molar-refractivity contribution in [2.45, 2.75) is 6.54 Å². The first-order chi connectivity index (χ1) is 6.74. The minimum Gasteiger partial charge on any atom is -0.506 e. The van der Waals surface area contributed by atoms with Gasteiger partial charge in [0.2, 0.25) is 0 Å². The lowest BCUT2D eigenvalue weighted by Gasteiger charge is -2.07. The van der Waals surface area contributed by atoms with Crippen molar-refractivity contribution in [2.75, 3.05) is 0 Å². The van der Waals surface area contributed by atoms with Crippen LogP contribution >= 0.6 is 28.3 Å². The molecule has 0 fully saturated rings. The molecule has 1 aromatic heterocycles. The molecule has 0 amide bonds. The zero-order chi connectivity index (χ0) is 10.1. The standard InChI is InChI=1S/C10H9BrN2O.ClH/c11-8-4-9-6(2-1-3-13-9)7(5-12)10(8)14;/h1-4,14H,5,12H2;1H. The van der Waals surface area contributed by atoms with Crippen molar-refractivity contribution in [1.82, 2.24) is 4.98 Å².